The van der Waals surface area contributed by atoms with Crippen molar-refractivity contribution < 1.29 is 4.79 Å². The number of hydrogen-bond acceptors (Lipinski definition) is 3. The molecule has 0 aromatic carbocycles. The van der Waals surface area contributed by atoms with Gasteiger partial charge < -0.3 is 10.6 Å². The normalized spacial score (nSPS) is 16.2. The van der Waals surface area contributed by atoms with E-state index in [-0.39, 0.29) is 24.2 Å². The Kier molecular flexibility index (Phi) is 6.55. The van der Waals surface area contributed by atoms with E-state index in [4.69, 9.17) is 0 Å². The van der Waals surface area contributed by atoms with Crippen LogP contribution in [0, 0.1) is 5.92 Å². The predicted molar refractivity (Wildman–Crippen MR) is 73.9 cm³/mol. The second kappa shape index (κ2) is 7.69. The third-order valence-electron chi connectivity index (χ3n) is 2.96. The molecule has 0 atom stereocenters. The molecule has 2 rings (SSSR count). The van der Waals surface area contributed by atoms with E-state index in [9.17, 15) is 4.79 Å². The number of carbonyl (C=O) groups excluding carboxylic acids is 1. The van der Waals surface area contributed by atoms with Crippen molar-refractivity contribution >= 4 is 29.7 Å². The first-order valence-electron chi connectivity index (χ1n) is 5.87. The number of thiophene rings is 1. The lowest BCUT2D eigenvalue weighted by molar-refractivity contribution is -0.125. The molecule has 2 N–H and O–H groups in total. The highest BCUT2D eigenvalue weighted by Crippen LogP contribution is 2.12. The van der Waals surface area contributed by atoms with Crippen molar-refractivity contribution in [3.63, 3.8) is 0 Å². The van der Waals surface area contributed by atoms with Crippen LogP contribution in [0.15, 0.2) is 17.5 Å². The number of hydrogen-bond donors (Lipinski definition) is 2. The van der Waals surface area contributed by atoms with Gasteiger partial charge in [-0.2, -0.15) is 0 Å². The Bertz CT molecular complexity index is 323. The summed E-state index contributed by atoms with van der Waals surface area (Å²) in [5, 5.41) is 8.37. The zero-order valence-electron chi connectivity index (χ0n) is 9.78. The summed E-state index contributed by atoms with van der Waals surface area (Å²) in [4.78, 5) is 13.1. The van der Waals surface area contributed by atoms with Crippen molar-refractivity contribution in [1.82, 2.24) is 10.6 Å². The van der Waals surface area contributed by atoms with Gasteiger partial charge >= 0.3 is 0 Å². The first-order chi connectivity index (χ1) is 7.86. The minimum atomic E-state index is 0. The lowest BCUT2D eigenvalue weighted by Gasteiger charge is -2.21. The topological polar surface area (TPSA) is 41.1 Å². The van der Waals surface area contributed by atoms with E-state index in [1.807, 2.05) is 0 Å². The molecule has 0 radical (unpaired) electrons. The maximum atomic E-state index is 11.8. The first kappa shape index (κ1) is 14.5. The standard InChI is InChI=1S/C12H18N2OS.ClH/c15-12(10-3-6-13-7-4-10)14-8-5-11-2-1-9-16-11;/h1-2,9-10,13H,3-8H2,(H,14,15);1H. The molecular weight excluding hydrogens is 256 g/mol. The molecule has 0 saturated carbocycles. The van der Waals surface area contributed by atoms with Crippen LogP contribution in [0.2, 0.25) is 0 Å². The van der Waals surface area contributed by atoms with Crippen LogP contribution in [0.25, 0.3) is 0 Å². The van der Waals surface area contributed by atoms with Crippen LogP contribution in [-0.2, 0) is 11.2 Å². The minimum absolute atomic E-state index is 0. The van der Waals surface area contributed by atoms with Gasteiger partial charge in [-0.05, 0) is 43.8 Å². The highest BCUT2D eigenvalue weighted by atomic mass is 35.5. The highest BCUT2D eigenvalue weighted by Gasteiger charge is 2.19. The molecule has 0 bridgehead atoms. The second-order valence-electron chi connectivity index (χ2n) is 4.14. The Balaban J connectivity index is 0.00000144. The number of carbonyl (C=O) groups is 1. The molecular formula is C12H19ClN2OS. The van der Waals surface area contributed by atoms with Crippen LogP contribution in [-0.4, -0.2) is 25.5 Å². The van der Waals surface area contributed by atoms with Gasteiger partial charge in [0, 0.05) is 17.3 Å². The molecule has 0 aliphatic carbocycles. The fourth-order valence-electron chi connectivity index (χ4n) is 1.99. The molecule has 0 unspecified atom stereocenters. The Morgan fingerprint density at radius 1 is 1.47 bits per heavy atom. The highest BCUT2D eigenvalue weighted by molar-refractivity contribution is 7.09. The largest absolute Gasteiger partial charge is 0.355 e. The molecule has 2 heterocycles. The van der Waals surface area contributed by atoms with E-state index in [1.54, 1.807) is 11.3 Å². The van der Waals surface area contributed by atoms with Crippen molar-refractivity contribution in [3.05, 3.63) is 22.4 Å². The first-order valence-corrected chi connectivity index (χ1v) is 6.75. The van der Waals surface area contributed by atoms with Crippen molar-refractivity contribution in [2.24, 2.45) is 5.92 Å². The van der Waals surface area contributed by atoms with E-state index < -0.39 is 0 Å². The fraction of sp³-hybridized carbons (Fsp3) is 0.583. The molecule has 1 amide bonds. The number of halogens is 1. The van der Waals surface area contributed by atoms with Crippen molar-refractivity contribution in [2.75, 3.05) is 19.6 Å². The molecule has 1 aromatic rings. The van der Waals surface area contributed by atoms with Crippen LogP contribution in [0.4, 0.5) is 0 Å². The van der Waals surface area contributed by atoms with Crippen molar-refractivity contribution in [2.45, 2.75) is 19.3 Å². The lowest BCUT2D eigenvalue weighted by atomic mass is 9.97. The van der Waals surface area contributed by atoms with Gasteiger partial charge in [0.25, 0.3) is 0 Å². The molecule has 3 nitrogen and oxygen atoms in total. The second-order valence-corrected chi connectivity index (χ2v) is 5.18. The summed E-state index contributed by atoms with van der Waals surface area (Å²) in [6.45, 7) is 2.72. The van der Waals surface area contributed by atoms with Crippen LogP contribution in [0.5, 0.6) is 0 Å². The Hall–Kier alpha value is -0.580. The van der Waals surface area contributed by atoms with Crippen LogP contribution >= 0.6 is 23.7 Å². The van der Waals surface area contributed by atoms with Gasteiger partial charge in [-0.25, -0.2) is 0 Å². The van der Waals surface area contributed by atoms with E-state index in [1.165, 1.54) is 4.88 Å². The number of nitrogens with one attached hydrogen (secondary N) is 2. The summed E-state index contributed by atoms with van der Waals surface area (Å²) >= 11 is 1.75. The number of amides is 1. The van der Waals surface area contributed by atoms with Gasteiger partial charge in [0.1, 0.15) is 0 Å². The molecule has 5 heteroatoms. The molecule has 0 spiro atoms. The molecule has 17 heavy (non-hydrogen) atoms. The predicted octanol–water partition coefficient (Wildman–Crippen LogP) is 1.83. The quantitative estimate of drug-likeness (QED) is 0.880. The summed E-state index contributed by atoms with van der Waals surface area (Å²) in [5.74, 6) is 0.461. The number of piperidine rings is 1. The molecule has 1 aliphatic heterocycles. The van der Waals surface area contributed by atoms with Gasteiger partial charge in [0.15, 0.2) is 0 Å². The summed E-state index contributed by atoms with van der Waals surface area (Å²) in [7, 11) is 0. The van der Waals surface area contributed by atoms with E-state index >= 15 is 0 Å². The molecule has 1 aromatic heterocycles. The van der Waals surface area contributed by atoms with E-state index in [0.29, 0.717) is 0 Å². The molecule has 1 fully saturated rings. The van der Waals surface area contributed by atoms with Crippen LogP contribution in [0.3, 0.4) is 0 Å². The van der Waals surface area contributed by atoms with E-state index in [2.05, 4.69) is 28.1 Å². The number of rotatable bonds is 4. The van der Waals surface area contributed by atoms with E-state index in [0.717, 1.165) is 38.9 Å². The minimum Gasteiger partial charge on any atom is -0.355 e. The molecule has 96 valence electrons. The Morgan fingerprint density at radius 3 is 2.88 bits per heavy atom. The zero-order valence-corrected chi connectivity index (χ0v) is 11.4. The van der Waals surface area contributed by atoms with Crippen molar-refractivity contribution in [3.8, 4) is 0 Å². The average molecular weight is 275 g/mol. The maximum Gasteiger partial charge on any atom is 0.223 e. The lowest BCUT2D eigenvalue weighted by Crippen LogP contribution is -2.38. The van der Waals surface area contributed by atoms with Crippen LogP contribution < -0.4 is 10.6 Å². The van der Waals surface area contributed by atoms with Gasteiger partial charge in [-0.1, -0.05) is 6.07 Å². The average Bonchev–Trinajstić information content (AvgIpc) is 2.83. The summed E-state index contributed by atoms with van der Waals surface area (Å²) in [6.07, 6.45) is 2.91. The summed E-state index contributed by atoms with van der Waals surface area (Å²) in [5.41, 5.74) is 0. The summed E-state index contributed by atoms with van der Waals surface area (Å²) in [6, 6.07) is 4.16. The fourth-order valence-corrected chi connectivity index (χ4v) is 2.70. The summed E-state index contributed by atoms with van der Waals surface area (Å²) < 4.78 is 0. The maximum absolute atomic E-state index is 11.8. The van der Waals surface area contributed by atoms with Gasteiger partial charge in [-0.15, -0.1) is 23.7 Å². The van der Waals surface area contributed by atoms with Crippen molar-refractivity contribution in [1.29, 1.82) is 0 Å². The monoisotopic (exact) mass is 274 g/mol. The smallest absolute Gasteiger partial charge is 0.223 e. The van der Waals surface area contributed by atoms with Gasteiger partial charge in [0.05, 0.1) is 0 Å². The molecule has 1 aliphatic rings. The third kappa shape index (κ3) is 4.66. The Morgan fingerprint density at radius 2 is 2.24 bits per heavy atom. The molecule has 1 saturated heterocycles. The van der Waals surface area contributed by atoms with Gasteiger partial charge in [0.2, 0.25) is 5.91 Å². The SMILES string of the molecule is Cl.O=C(NCCc1cccs1)C1CCNCC1. The third-order valence-corrected chi connectivity index (χ3v) is 3.90. The Labute approximate surface area is 112 Å². The zero-order chi connectivity index (χ0) is 11.2. The van der Waals surface area contributed by atoms with Crippen LogP contribution in [0.1, 0.15) is 17.7 Å². The van der Waals surface area contributed by atoms with Gasteiger partial charge in [-0.3, -0.25) is 4.79 Å².